The second-order valence-electron chi connectivity index (χ2n) is 5.76. The lowest BCUT2D eigenvalue weighted by Crippen LogP contribution is -2.29. The van der Waals surface area contributed by atoms with Gasteiger partial charge in [-0.2, -0.15) is 0 Å². The minimum absolute atomic E-state index is 0.101. The lowest BCUT2D eigenvalue weighted by atomic mass is 9.91. The number of nitrogens with one attached hydrogen (secondary N) is 2. The van der Waals surface area contributed by atoms with Crippen molar-refractivity contribution < 1.29 is 4.79 Å². The fourth-order valence-electron chi connectivity index (χ4n) is 2.80. The van der Waals surface area contributed by atoms with Crippen molar-refractivity contribution in [3.05, 3.63) is 95.7 Å². The number of carbonyl (C=O) groups excluding carboxylic acids is 1. The number of anilines is 1. The lowest BCUT2D eigenvalue weighted by molar-refractivity contribution is 0.0952. The molecule has 0 spiro atoms. The molecule has 3 aromatic rings. The largest absolute Gasteiger partial charge is 0.373 e. The van der Waals surface area contributed by atoms with E-state index in [2.05, 4.69) is 39.9 Å². The van der Waals surface area contributed by atoms with E-state index in [1.54, 1.807) is 25.4 Å². The molecule has 1 heterocycles. The maximum atomic E-state index is 12.5. The van der Waals surface area contributed by atoms with Crippen molar-refractivity contribution in [2.45, 2.75) is 5.92 Å². The van der Waals surface area contributed by atoms with Crippen molar-refractivity contribution in [3.63, 3.8) is 0 Å². The number of pyridine rings is 1. The molecule has 0 aliphatic rings. The summed E-state index contributed by atoms with van der Waals surface area (Å²) in [6, 6.07) is 23.9. The topological polar surface area (TPSA) is 54.0 Å². The Morgan fingerprint density at radius 1 is 0.960 bits per heavy atom. The fourth-order valence-corrected chi connectivity index (χ4v) is 2.80. The van der Waals surface area contributed by atoms with E-state index in [0.717, 1.165) is 0 Å². The number of nitrogens with zero attached hydrogens (tertiary/aromatic N) is 1. The average Bonchev–Trinajstić information content (AvgIpc) is 2.69. The first-order valence-electron chi connectivity index (χ1n) is 8.30. The number of aromatic nitrogens is 1. The Kier molecular flexibility index (Phi) is 5.42. The van der Waals surface area contributed by atoms with Gasteiger partial charge in [-0.3, -0.25) is 4.79 Å². The highest BCUT2D eigenvalue weighted by molar-refractivity contribution is 5.94. The number of rotatable bonds is 6. The molecule has 25 heavy (non-hydrogen) atoms. The Morgan fingerprint density at radius 3 is 2.12 bits per heavy atom. The second kappa shape index (κ2) is 8.11. The van der Waals surface area contributed by atoms with E-state index in [-0.39, 0.29) is 11.8 Å². The van der Waals surface area contributed by atoms with Gasteiger partial charge in [-0.05, 0) is 23.3 Å². The molecule has 0 saturated heterocycles. The van der Waals surface area contributed by atoms with Crippen LogP contribution in [0.4, 0.5) is 5.82 Å². The quantitative estimate of drug-likeness (QED) is 0.724. The molecule has 3 rings (SSSR count). The Morgan fingerprint density at radius 2 is 1.56 bits per heavy atom. The van der Waals surface area contributed by atoms with Gasteiger partial charge in [0.25, 0.3) is 5.91 Å². The molecule has 4 nitrogen and oxygen atoms in total. The van der Waals surface area contributed by atoms with E-state index < -0.39 is 0 Å². The van der Waals surface area contributed by atoms with E-state index >= 15 is 0 Å². The summed E-state index contributed by atoms with van der Waals surface area (Å²) in [7, 11) is 1.78. The minimum Gasteiger partial charge on any atom is -0.373 e. The number of carbonyl (C=O) groups is 1. The normalized spacial score (nSPS) is 10.5. The third-order valence-corrected chi connectivity index (χ3v) is 4.15. The van der Waals surface area contributed by atoms with Gasteiger partial charge in [0.05, 0.1) is 0 Å². The monoisotopic (exact) mass is 331 g/mol. The molecular weight excluding hydrogens is 310 g/mol. The number of amides is 1. The Labute approximate surface area is 147 Å². The third kappa shape index (κ3) is 4.23. The summed E-state index contributed by atoms with van der Waals surface area (Å²) >= 11 is 0. The van der Waals surface area contributed by atoms with Crippen LogP contribution in [0, 0.1) is 0 Å². The summed E-state index contributed by atoms with van der Waals surface area (Å²) in [6.45, 7) is 0.532. The molecule has 0 radical (unpaired) electrons. The highest BCUT2D eigenvalue weighted by Gasteiger charge is 2.16. The van der Waals surface area contributed by atoms with Crippen molar-refractivity contribution in [2.24, 2.45) is 0 Å². The minimum atomic E-state index is -0.101. The Balaban J connectivity index is 1.78. The van der Waals surface area contributed by atoms with Gasteiger partial charge in [-0.15, -0.1) is 0 Å². The molecule has 0 aliphatic carbocycles. The van der Waals surface area contributed by atoms with Crippen molar-refractivity contribution in [1.29, 1.82) is 0 Å². The van der Waals surface area contributed by atoms with Crippen LogP contribution in [0.15, 0.2) is 79.0 Å². The zero-order valence-electron chi connectivity index (χ0n) is 14.1. The van der Waals surface area contributed by atoms with Gasteiger partial charge in [-0.1, -0.05) is 60.7 Å². The summed E-state index contributed by atoms with van der Waals surface area (Å²) in [5.74, 6) is 0.683. The van der Waals surface area contributed by atoms with Crippen LogP contribution >= 0.6 is 0 Å². The van der Waals surface area contributed by atoms with Crippen LogP contribution in [-0.4, -0.2) is 24.5 Å². The van der Waals surface area contributed by atoms with Gasteiger partial charge < -0.3 is 10.6 Å². The van der Waals surface area contributed by atoms with Crippen LogP contribution in [0.2, 0.25) is 0 Å². The predicted molar refractivity (Wildman–Crippen MR) is 101 cm³/mol. The van der Waals surface area contributed by atoms with Crippen molar-refractivity contribution in [1.82, 2.24) is 10.3 Å². The standard InChI is InChI=1S/C21H21N3O/c1-22-20-14-18(12-13-23-20)21(25)24-15-19(16-8-4-2-5-9-16)17-10-6-3-7-11-17/h2-14,19H,15H2,1H3,(H,22,23)(H,24,25). The van der Waals surface area contributed by atoms with Crippen LogP contribution in [-0.2, 0) is 0 Å². The first-order chi connectivity index (χ1) is 12.3. The Hall–Kier alpha value is -3.14. The fraction of sp³-hybridized carbons (Fsp3) is 0.143. The molecule has 0 unspecified atom stereocenters. The smallest absolute Gasteiger partial charge is 0.251 e. The van der Waals surface area contributed by atoms with E-state index in [1.165, 1.54) is 11.1 Å². The number of hydrogen-bond donors (Lipinski definition) is 2. The molecular formula is C21H21N3O. The van der Waals surface area contributed by atoms with Crippen LogP contribution in [0.5, 0.6) is 0 Å². The van der Waals surface area contributed by atoms with Crippen molar-refractivity contribution in [3.8, 4) is 0 Å². The molecule has 0 bridgehead atoms. The van der Waals surface area contributed by atoms with Crippen LogP contribution in [0.3, 0.4) is 0 Å². The molecule has 2 aromatic carbocycles. The SMILES string of the molecule is CNc1cc(C(=O)NCC(c2ccccc2)c2ccccc2)ccn1. The zero-order chi connectivity index (χ0) is 17.5. The number of hydrogen-bond acceptors (Lipinski definition) is 3. The van der Waals surface area contributed by atoms with Crippen LogP contribution in [0.25, 0.3) is 0 Å². The summed E-state index contributed by atoms with van der Waals surface area (Å²) in [6.07, 6.45) is 1.63. The van der Waals surface area contributed by atoms with E-state index in [1.807, 2.05) is 36.4 Å². The Bertz CT molecular complexity index is 779. The van der Waals surface area contributed by atoms with Gasteiger partial charge in [0, 0.05) is 31.3 Å². The number of benzene rings is 2. The third-order valence-electron chi connectivity index (χ3n) is 4.15. The highest BCUT2D eigenvalue weighted by Crippen LogP contribution is 2.23. The first kappa shape index (κ1) is 16.7. The van der Waals surface area contributed by atoms with E-state index in [0.29, 0.717) is 17.9 Å². The van der Waals surface area contributed by atoms with Crippen molar-refractivity contribution in [2.75, 3.05) is 18.9 Å². The molecule has 0 fully saturated rings. The summed E-state index contributed by atoms with van der Waals surface area (Å²) in [4.78, 5) is 16.7. The van der Waals surface area contributed by atoms with Gasteiger partial charge in [0.1, 0.15) is 5.82 Å². The zero-order valence-corrected chi connectivity index (χ0v) is 14.1. The van der Waals surface area contributed by atoms with Gasteiger partial charge >= 0.3 is 0 Å². The highest BCUT2D eigenvalue weighted by atomic mass is 16.1. The maximum absolute atomic E-state index is 12.5. The van der Waals surface area contributed by atoms with E-state index in [4.69, 9.17) is 0 Å². The summed E-state index contributed by atoms with van der Waals surface area (Å²) in [5.41, 5.74) is 2.96. The van der Waals surface area contributed by atoms with Crippen molar-refractivity contribution >= 4 is 11.7 Å². The van der Waals surface area contributed by atoms with Gasteiger partial charge in [0.15, 0.2) is 0 Å². The van der Waals surface area contributed by atoms with Crippen LogP contribution < -0.4 is 10.6 Å². The molecule has 0 atom stereocenters. The van der Waals surface area contributed by atoms with Crippen LogP contribution in [0.1, 0.15) is 27.4 Å². The second-order valence-corrected chi connectivity index (χ2v) is 5.76. The van der Waals surface area contributed by atoms with Gasteiger partial charge in [0.2, 0.25) is 0 Å². The maximum Gasteiger partial charge on any atom is 0.251 e. The molecule has 2 N–H and O–H groups in total. The summed E-state index contributed by atoms with van der Waals surface area (Å²) in [5, 5.41) is 6.00. The average molecular weight is 331 g/mol. The van der Waals surface area contributed by atoms with E-state index in [9.17, 15) is 4.79 Å². The van der Waals surface area contributed by atoms with Gasteiger partial charge in [-0.25, -0.2) is 4.98 Å². The molecule has 0 aliphatic heterocycles. The molecule has 1 aromatic heterocycles. The molecule has 1 amide bonds. The first-order valence-corrected chi connectivity index (χ1v) is 8.30. The molecule has 0 saturated carbocycles. The molecule has 4 heteroatoms. The predicted octanol–water partition coefficient (Wildman–Crippen LogP) is 3.69. The lowest BCUT2D eigenvalue weighted by Gasteiger charge is -2.19. The molecule has 126 valence electrons. The summed E-state index contributed by atoms with van der Waals surface area (Å²) < 4.78 is 0.